The molecule has 2 heterocycles. The Kier molecular flexibility index (Phi) is 4.26. The molecule has 2 fully saturated rings. The first-order valence-corrected chi connectivity index (χ1v) is 8.95. The zero-order valence-corrected chi connectivity index (χ0v) is 14.0. The monoisotopic (exact) mass is 338 g/mol. The molecule has 25 heavy (non-hydrogen) atoms. The first-order valence-electron chi connectivity index (χ1n) is 8.95. The number of carbonyl (C=O) groups is 2. The number of benzene rings is 1. The Morgan fingerprint density at radius 2 is 2.00 bits per heavy atom. The Hall–Kier alpha value is -2.63. The number of rotatable bonds is 4. The first kappa shape index (κ1) is 15.9. The van der Waals surface area contributed by atoms with Crippen molar-refractivity contribution in [1.82, 2.24) is 15.6 Å². The van der Waals surface area contributed by atoms with E-state index in [2.05, 4.69) is 20.9 Å². The number of hydrogen-bond acceptors (Lipinski definition) is 4. The molecule has 1 aromatic carbocycles. The van der Waals surface area contributed by atoms with Gasteiger partial charge in [-0.2, -0.15) is 0 Å². The van der Waals surface area contributed by atoms with Gasteiger partial charge in [-0.05, 0) is 44.2 Å². The maximum Gasteiger partial charge on any atom is 0.252 e. The molecule has 6 heteroatoms. The quantitative estimate of drug-likeness (QED) is 0.798. The molecule has 1 saturated carbocycles. The summed E-state index contributed by atoms with van der Waals surface area (Å²) in [7, 11) is 0. The van der Waals surface area contributed by atoms with Gasteiger partial charge in [0.1, 0.15) is 11.9 Å². The van der Waals surface area contributed by atoms with Crippen LogP contribution in [0.25, 0.3) is 10.9 Å². The standard InChI is InChI=1S/C19H22N4O2/c24-18(21-12-8-9-12)14-11-17(22-15-6-2-1-5-13(14)15)23-16-7-3-4-10-20-19(16)25/h1-2,5-6,11-12,16H,3-4,7-10H2,(H,20,25)(H,21,24)(H,22,23)/t16-/m0/s1. The topological polar surface area (TPSA) is 83.1 Å². The van der Waals surface area contributed by atoms with Crippen LogP contribution in [0, 0.1) is 0 Å². The average molecular weight is 338 g/mol. The number of anilines is 1. The smallest absolute Gasteiger partial charge is 0.252 e. The molecule has 1 aliphatic carbocycles. The number of hydrogen-bond donors (Lipinski definition) is 3. The third-order valence-electron chi connectivity index (χ3n) is 4.73. The number of carbonyl (C=O) groups excluding carboxylic acids is 2. The third-order valence-corrected chi connectivity index (χ3v) is 4.73. The summed E-state index contributed by atoms with van der Waals surface area (Å²) in [5.41, 5.74) is 1.36. The Bertz CT molecular complexity index is 816. The van der Waals surface area contributed by atoms with Crippen molar-refractivity contribution in [3.63, 3.8) is 0 Å². The van der Waals surface area contributed by atoms with E-state index in [-0.39, 0.29) is 17.9 Å². The van der Waals surface area contributed by atoms with Crippen LogP contribution in [0.5, 0.6) is 0 Å². The fourth-order valence-corrected chi connectivity index (χ4v) is 3.18. The minimum atomic E-state index is -0.310. The zero-order chi connectivity index (χ0) is 17.2. The van der Waals surface area contributed by atoms with Gasteiger partial charge in [0, 0.05) is 18.0 Å². The van der Waals surface area contributed by atoms with Gasteiger partial charge in [-0.1, -0.05) is 18.2 Å². The van der Waals surface area contributed by atoms with E-state index in [1.54, 1.807) is 6.07 Å². The van der Waals surface area contributed by atoms with Gasteiger partial charge >= 0.3 is 0 Å². The Labute approximate surface area is 146 Å². The van der Waals surface area contributed by atoms with E-state index in [9.17, 15) is 9.59 Å². The largest absolute Gasteiger partial charge is 0.358 e. The van der Waals surface area contributed by atoms with Crippen LogP contribution in [0.3, 0.4) is 0 Å². The van der Waals surface area contributed by atoms with Crippen molar-refractivity contribution in [2.45, 2.75) is 44.2 Å². The second-order valence-electron chi connectivity index (χ2n) is 6.80. The summed E-state index contributed by atoms with van der Waals surface area (Å²) >= 11 is 0. The molecule has 0 bridgehead atoms. The Balaban J connectivity index is 1.66. The van der Waals surface area contributed by atoms with Crippen LogP contribution in [0.1, 0.15) is 42.5 Å². The lowest BCUT2D eigenvalue weighted by molar-refractivity contribution is -0.121. The lowest BCUT2D eigenvalue weighted by Gasteiger charge is -2.17. The van der Waals surface area contributed by atoms with Crippen LogP contribution in [0.2, 0.25) is 0 Å². The number of amides is 2. The number of para-hydroxylation sites is 1. The van der Waals surface area contributed by atoms with Gasteiger partial charge in [0.2, 0.25) is 5.91 Å². The van der Waals surface area contributed by atoms with Crippen LogP contribution in [-0.2, 0) is 4.79 Å². The van der Waals surface area contributed by atoms with Gasteiger partial charge in [-0.3, -0.25) is 9.59 Å². The number of pyridine rings is 1. The van der Waals surface area contributed by atoms with Crippen molar-refractivity contribution < 1.29 is 9.59 Å². The predicted molar refractivity (Wildman–Crippen MR) is 96.5 cm³/mol. The maximum absolute atomic E-state index is 12.6. The highest BCUT2D eigenvalue weighted by Gasteiger charge is 2.26. The summed E-state index contributed by atoms with van der Waals surface area (Å²) in [6.07, 6.45) is 4.83. The minimum absolute atomic E-state index is 0.00330. The van der Waals surface area contributed by atoms with E-state index in [0.29, 0.717) is 17.4 Å². The van der Waals surface area contributed by atoms with E-state index in [0.717, 1.165) is 49.6 Å². The second kappa shape index (κ2) is 6.70. The molecule has 4 rings (SSSR count). The number of aromatic nitrogens is 1. The second-order valence-corrected chi connectivity index (χ2v) is 6.80. The van der Waals surface area contributed by atoms with Crippen molar-refractivity contribution in [3.05, 3.63) is 35.9 Å². The van der Waals surface area contributed by atoms with Gasteiger partial charge in [-0.25, -0.2) is 4.98 Å². The van der Waals surface area contributed by atoms with Gasteiger partial charge in [-0.15, -0.1) is 0 Å². The molecule has 2 aliphatic rings. The normalized spacial score (nSPS) is 20.6. The molecule has 1 atom stereocenters. The Morgan fingerprint density at radius 1 is 1.16 bits per heavy atom. The van der Waals surface area contributed by atoms with Gasteiger partial charge < -0.3 is 16.0 Å². The SMILES string of the molecule is O=C(NC1CC1)c1cc(N[C@H]2CCCCNC2=O)nc2ccccc12. The average Bonchev–Trinajstić information content (AvgIpc) is 3.44. The van der Waals surface area contributed by atoms with Crippen molar-refractivity contribution in [2.24, 2.45) is 0 Å². The van der Waals surface area contributed by atoms with Crippen molar-refractivity contribution in [3.8, 4) is 0 Å². The summed E-state index contributed by atoms with van der Waals surface area (Å²) in [5, 5.41) is 10.0. The summed E-state index contributed by atoms with van der Waals surface area (Å²) in [5.74, 6) is 0.493. The van der Waals surface area contributed by atoms with E-state index < -0.39 is 0 Å². The molecule has 3 N–H and O–H groups in total. The first-order chi connectivity index (χ1) is 12.2. The summed E-state index contributed by atoms with van der Waals surface area (Å²) in [6, 6.07) is 9.36. The molecule has 0 radical (unpaired) electrons. The highest BCUT2D eigenvalue weighted by atomic mass is 16.2. The van der Waals surface area contributed by atoms with E-state index in [4.69, 9.17) is 0 Å². The molecular weight excluding hydrogens is 316 g/mol. The Morgan fingerprint density at radius 3 is 2.84 bits per heavy atom. The van der Waals surface area contributed by atoms with Gasteiger partial charge in [0.15, 0.2) is 0 Å². The minimum Gasteiger partial charge on any atom is -0.358 e. The van der Waals surface area contributed by atoms with Crippen LogP contribution in [-0.4, -0.2) is 35.4 Å². The lowest BCUT2D eigenvalue weighted by atomic mass is 10.1. The van der Waals surface area contributed by atoms with Crippen LogP contribution < -0.4 is 16.0 Å². The molecule has 6 nitrogen and oxygen atoms in total. The molecule has 1 saturated heterocycles. The molecule has 0 spiro atoms. The van der Waals surface area contributed by atoms with E-state index >= 15 is 0 Å². The van der Waals surface area contributed by atoms with Gasteiger partial charge in [0.05, 0.1) is 11.1 Å². The van der Waals surface area contributed by atoms with Gasteiger partial charge in [0.25, 0.3) is 5.91 Å². The number of fused-ring (bicyclic) bond motifs is 1. The highest BCUT2D eigenvalue weighted by Crippen LogP contribution is 2.24. The van der Waals surface area contributed by atoms with Crippen LogP contribution in [0.15, 0.2) is 30.3 Å². The van der Waals surface area contributed by atoms with E-state index in [1.807, 2.05) is 24.3 Å². The summed E-state index contributed by atoms with van der Waals surface area (Å²) in [6.45, 7) is 0.719. The van der Waals surface area contributed by atoms with E-state index in [1.165, 1.54) is 0 Å². The molecule has 1 aromatic heterocycles. The molecule has 2 aromatic rings. The maximum atomic E-state index is 12.6. The van der Waals surface area contributed by atoms with Crippen molar-refractivity contribution >= 4 is 28.5 Å². The molecule has 1 aliphatic heterocycles. The lowest BCUT2D eigenvalue weighted by Crippen LogP contribution is -2.38. The molecule has 2 amide bonds. The van der Waals surface area contributed by atoms with Crippen LogP contribution in [0.4, 0.5) is 5.82 Å². The third kappa shape index (κ3) is 3.57. The summed E-state index contributed by atoms with van der Waals surface area (Å²) in [4.78, 5) is 29.4. The zero-order valence-electron chi connectivity index (χ0n) is 14.0. The fourth-order valence-electron chi connectivity index (χ4n) is 3.18. The fraction of sp³-hybridized carbons (Fsp3) is 0.421. The van der Waals surface area contributed by atoms with Crippen LogP contribution >= 0.6 is 0 Å². The number of nitrogens with zero attached hydrogens (tertiary/aromatic N) is 1. The summed E-state index contributed by atoms with van der Waals surface area (Å²) < 4.78 is 0. The molecule has 130 valence electrons. The molecular formula is C19H22N4O2. The number of nitrogens with one attached hydrogen (secondary N) is 3. The molecule has 0 unspecified atom stereocenters. The predicted octanol–water partition coefficient (Wildman–Crippen LogP) is 2.21. The highest BCUT2D eigenvalue weighted by molar-refractivity contribution is 6.07. The van der Waals surface area contributed by atoms with Crippen molar-refractivity contribution in [1.29, 1.82) is 0 Å². The van der Waals surface area contributed by atoms with Crippen molar-refractivity contribution in [2.75, 3.05) is 11.9 Å².